The maximum Gasteiger partial charge on any atom is 0.256 e. The first-order valence-corrected chi connectivity index (χ1v) is 10.6. The van der Waals surface area contributed by atoms with E-state index in [1.807, 2.05) is 62.2 Å². The van der Waals surface area contributed by atoms with Gasteiger partial charge in [0.15, 0.2) is 0 Å². The van der Waals surface area contributed by atoms with E-state index in [0.717, 1.165) is 45.9 Å². The molecule has 3 heterocycles. The Hall–Kier alpha value is -3.12. The molecule has 0 bridgehead atoms. The molecule has 2 aromatic heterocycles. The van der Waals surface area contributed by atoms with E-state index in [1.54, 1.807) is 13.3 Å². The molecule has 1 aliphatic heterocycles. The van der Waals surface area contributed by atoms with E-state index in [-0.39, 0.29) is 11.9 Å². The molecule has 1 atom stereocenters. The minimum atomic E-state index is -0.0382. The highest BCUT2D eigenvalue weighted by atomic mass is 16.5. The maximum absolute atomic E-state index is 13.6. The fourth-order valence-corrected chi connectivity index (χ4v) is 4.17. The number of carbonyl (C=O) groups excluding carboxylic acids is 1. The SMILES string of the molecule is COCCn1c(C)cc(C(=O)N2Cc3cc(-c4cccnc4)ccc3OC[C@@H]2C)c1C. The molecule has 0 saturated carbocycles. The van der Waals surface area contributed by atoms with Crippen LogP contribution >= 0.6 is 0 Å². The number of hydrogen-bond donors (Lipinski definition) is 0. The highest BCUT2D eigenvalue weighted by molar-refractivity contribution is 5.96. The maximum atomic E-state index is 13.6. The number of aryl methyl sites for hydroxylation is 1. The van der Waals surface area contributed by atoms with Gasteiger partial charge in [-0.2, -0.15) is 0 Å². The van der Waals surface area contributed by atoms with Crippen molar-refractivity contribution < 1.29 is 14.3 Å². The second-order valence-electron chi connectivity index (χ2n) is 8.09. The Balaban J connectivity index is 1.65. The number of fused-ring (bicyclic) bond motifs is 1. The largest absolute Gasteiger partial charge is 0.491 e. The predicted molar refractivity (Wildman–Crippen MR) is 120 cm³/mol. The number of nitrogens with zero attached hydrogens (tertiary/aromatic N) is 3. The number of pyridine rings is 1. The zero-order valence-electron chi connectivity index (χ0n) is 18.6. The monoisotopic (exact) mass is 419 g/mol. The van der Waals surface area contributed by atoms with Gasteiger partial charge in [-0.05, 0) is 50.6 Å². The lowest BCUT2D eigenvalue weighted by Gasteiger charge is -2.26. The fraction of sp³-hybridized carbons (Fsp3) is 0.360. The van der Waals surface area contributed by atoms with E-state index in [1.165, 1.54) is 0 Å². The first-order chi connectivity index (χ1) is 15.0. The molecule has 6 nitrogen and oxygen atoms in total. The Kier molecular flexibility index (Phi) is 6.09. The lowest BCUT2D eigenvalue weighted by atomic mass is 10.0. The topological polar surface area (TPSA) is 56.6 Å². The molecular weight excluding hydrogens is 390 g/mol. The molecule has 0 radical (unpaired) electrons. The molecule has 1 aromatic carbocycles. The molecule has 162 valence electrons. The molecule has 1 aliphatic rings. The van der Waals surface area contributed by atoms with Gasteiger partial charge in [0.25, 0.3) is 5.91 Å². The molecule has 1 amide bonds. The Morgan fingerprint density at radius 2 is 2.06 bits per heavy atom. The van der Waals surface area contributed by atoms with Crippen LogP contribution in [-0.2, 0) is 17.8 Å². The normalized spacial score (nSPS) is 15.9. The lowest BCUT2D eigenvalue weighted by Crippen LogP contribution is -2.40. The Morgan fingerprint density at radius 3 is 2.81 bits per heavy atom. The van der Waals surface area contributed by atoms with Crippen LogP contribution in [-0.4, -0.2) is 46.7 Å². The van der Waals surface area contributed by atoms with Crippen LogP contribution in [0.25, 0.3) is 11.1 Å². The molecule has 6 heteroatoms. The number of benzene rings is 1. The van der Waals surface area contributed by atoms with E-state index in [2.05, 4.69) is 15.6 Å². The summed E-state index contributed by atoms with van der Waals surface area (Å²) in [6.45, 7) is 8.39. The molecule has 0 N–H and O–H groups in total. The summed E-state index contributed by atoms with van der Waals surface area (Å²) in [5.74, 6) is 0.868. The standard InChI is InChI=1S/C25H29N3O3/c1-17-12-23(19(3)27(17)10-11-30-4)25(29)28-15-22-13-20(21-6-5-9-26-14-21)7-8-24(22)31-16-18(28)2/h5-9,12-14,18H,10-11,15-16H2,1-4H3/t18-/m0/s1. The van der Waals surface area contributed by atoms with E-state index in [4.69, 9.17) is 9.47 Å². The van der Waals surface area contributed by atoms with Gasteiger partial charge in [0, 0.05) is 48.6 Å². The third-order valence-electron chi connectivity index (χ3n) is 5.99. The van der Waals surface area contributed by atoms with Gasteiger partial charge in [0.1, 0.15) is 12.4 Å². The number of hydrogen-bond acceptors (Lipinski definition) is 4. The first kappa shape index (κ1) is 21.1. The van der Waals surface area contributed by atoms with Crippen molar-refractivity contribution in [3.63, 3.8) is 0 Å². The van der Waals surface area contributed by atoms with Gasteiger partial charge in [0.05, 0.1) is 24.8 Å². The average molecular weight is 420 g/mol. The third-order valence-corrected chi connectivity index (χ3v) is 5.99. The van der Waals surface area contributed by atoms with Crippen molar-refractivity contribution in [2.45, 2.75) is 39.9 Å². The van der Waals surface area contributed by atoms with Gasteiger partial charge in [-0.3, -0.25) is 9.78 Å². The Bertz CT molecular complexity index is 1080. The van der Waals surface area contributed by atoms with Crippen LogP contribution in [0.1, 0.15) is 34.2 Å². The Morgan fingerprint density at radius 1 is 1.23 bits per heavy atom. The van der Waals surface area contributed by atoms with Crippen molar-refractivity contribution in [1.82, 2.24) is 14.5 Å². The van der Waals surface area contributed by atoms with Crippen molar-refractivity contribution in [1.29, 1.82) is 0 Å². The van der Waals surface area contributed by atoms with E-state index in [9.17, 15) is 4.79 Å². The molecule has 0 saturated heterocycles. The highest BCUT2D eigenvalue weighted by Gasteiger charge is 2.29. The third kappa shape index (κ3) is 4.21. The molecular formula is C25H29N3O3. The fourth-order valence-electron chi connectivity index (χ4n) is 4.17. The number of rotatable bonds is 5. The van der Waals surface area contributed by atoms with Gasteiger partial charge in [-0.15, -0.1) is 0 Å². The number of carbonyl (C=O) groups is 1. The molecule has 0 unspecified atom stereocenters. The van der Waals surface area contributed by atoms with E-state index in [0.29, 0.717) is 19.8 Å². The summed E-state index contributed by atoms with van der Waals surface area (Å²) in [6, 6.07) is 12.0. The summed E-state index contributed by atoms with van der Waals surface area (Å²) in [5.41, 5.74) is 5.90. The summed E-state index contributed by atoms with van der Waals surface area (Å²) in [6.07, 6.45) is 3.61. The van der Waals surface area contributed by atoms with Crippen LogP contribution in [0.2, 0.25) is 0 Å². The second kappa shape index (κ2) is 8.94. The number of methoxy groups -OCH3 is 1. The molecule has 3 aromatic rings. The van der Waals surface area contributed by atoms with Crippen LogP contribution in [0.3, 0.4) is 0 Å². The van der Waals surface area contributed by atoms with Crippen molar-refractivity contribution in [2.75, 3.05) is 20.3 Å². The summed E-state index contributed by atoms with van der Waals surface area (Å²) in [7, 11) is 1.69. The number of aromatic nitrogens is 2. The quantitative estimate of drug-likeness (QED) is 0.621. The minimum Gasteiger partial charge on any atom is -0.491 e. The van der Waals surface area contributed by atoms with Crippen LogP contribution in [0.4, 0.5) is 0 Å². The van der Waals surface area contributed by atoms with Gasteiger partial charge in [0.2, 0.25) is 0 Å². The zero-order valence-corrected chi connectivity index (χ0v) is 18.6. The predicted octanol–water partition coefficient (Wildman–Crippen LogP) is 4.24. The number of ether oxygens (including phenoxy) is 2. The lowest BCUT2D eigenvalue weighted by molar-refractivity contribution is 0.0644. The van der Waals surface area contributed by atoms with E-state index < -0.39 is 0 Å². The summed E-state index contributed by atoms with van der Waals surface area (Å²) >= 11 is 0. The first-order valence-electron chi connectivity index (χ1n) is 10.6. The van der Waals surface area contributed by atoms with Gasteiger partial charge < -0.3 is 18.9 Å². The Labute approximate surface area is 183 Å². The summed E-state index contributed by atoms with van der Waals surface area (Å²) in [5, 5.41) is 0. The van der Waals surface area contributed by atoms with E-state index >= 15 is 0 Å². The summed E-state index contributed by atoms with van der Waals surface area (Å²) in [4.78, 5) is 19.7. The molecule has 0 fully saturated rings. The van der Waals surface area contributed by atoms with Crippen molar-refractivity contribution >= 4 is 5.91 Å². The zero-order chi connectivity index (χ0) is 22.0. The van der Waals surface area contributed by atoms with Crippen molar-refractivity contribution in [3.05, 3.63) is 71.3 Å². The van der Waals surface area contributed by atoms with Crippen LogP contribution in [0.5, 0.6) is 5.75 Å². The molecule has 0 aliphatic carbocycles. The molecule has 0 spiro atoms. The average Bonchev–Trinajstić information content (AvgIpc) is 2.96. The van der Waals surface area contributed by atoms with Crippen LogP contribution < -0.4 is 4.74 Å². The van der Waals surface area contributed by atoms with Crippen LogP contribution in [0, 0.1) is 13.8 Å². The smallest absolute Gasteiger partial charge is 0.256 e. The van der Waals surface area contributed by atoms with Crippen LogP contribution in [0.15, 0.2) is 48.8 Å². The summed E-state index contributed by atoms with van der Waals surface area (Å²) < 4.78 is 13.4. The van der Waals surface area contributed by atoms with Crippen molar-refractivity contribution in [3.8, 4) is 16.9 Å². The molecule has 31 heavy (non-hydrogen) atoms. The van der Waals surface area contributed by atoms with Gasteiger partial charge >= 0.3 is 0 Å². The van der Waals surface area contributed by atoms with Crippen molar-refractivity contribution in [2.24, 2.45) is 0 Å². The highest BCUT2D eigenvalue weighted by Crippen LogP contribution is 2.31. The molecule has 4 rings (SSSR count). The van der Waals surface area contributed by atoms with Gasteiger partial charge in [-0.1, -0.05) is 12.1 Å². The number of amides is 1. The minimum absolute atomic E-state index is 0.0347. The second-order valence-corrected chi connectivity index (χ2v) is 8.09. The van der Waals surface area contributed by atoms with Gasteiger partial charge in [-0.25, -0.2) is 0 Å².